The van der Waals surface area contributed by atoms with Crippen molar-refractivity contribution in [3.63, 3.8) is 0 Å². The molecule has 0 aliphatic carbocycles. The molecule has 0 saturated heterocycles. The summed E-state index contributed by atoms with van der Waals surface area (Å²) in [5.41, 5.74) is 0.982. The van der Waals surface area contributed by atoms with Gasteiger partial charge in [0, 0.05) is 19.6 Å². The Bertz CT molecular complexity index is 484. The molecule has 5 heteroatoms. The van der Waals surface area contributed by atoms with E-state index in [2.05, 4.69) is 5.32 Å². The Hall–Kier alpha value is -0.910. The van der Waals surface area contributed by atoms with Crippen molar-refractivity contribution in [3.05, 3.63) is 29.8 Å². The number of benzene rings is 1. The van der Waals surface area contributed by atoms with Crippen LogP contribution in [0, 0.1) is 0 Å². The SMILES string of the molecule is CCNCc1cccc(S(=O)(=O)N(C)C(C)C)c1. The lowest BCUT2D eigenvalue weighted by Crippen LogP contribution is -2.33. The molecule has 0 aromatic heterocycles. The van der Waals surface area contributed by atoms with Crippen molar-refractivity contribution in [2.45, 2.75) is 38.3 Å². The zero-order chi connectivity index (χ0) is 13.8. The lowest BCUT2D eigenvalue weighted by Gasteiger charge is -2.21. The topological polar surface area (TPSA) is 49.4 Å². The molecule has 0 atom stereocenters. The van der Waals surface area contributed by atoms with Crippen molar-refractivity contribution in [1.29, 1.82) is 0 Å². The van der Waals surface area contributed by atoms with Gasteiger partial charge in [0.05, 0.1) is 4.90 Å². The molecule has 0 bridgehead atoms. The van der Waals surface area contributed by atoms with Gasteiger partial charge < -0.3 is 5.32 Å². The van der Waals surface area contributed by atoms with Crippen molar-refractivity contribution >= 4 is 10.0 Å². The lowest BCUT2D eigenvalue weighted by atomic mass is 10.2. The smallest absolute Gasteiger partial charge is 0.243 e. The van der Waals surface area contributed by atoms with Crippen molar-refractivity contribution in [2.75, 3.05) is 13.6 Å². The van der Waals surface area contributed by atoms with Gasteiger partial charge in [-0.3, -0.25) is 0 Å². The predicted octanol–water partition coefficient (Wildman–Crippen LogP) is 1.82. The average Bonchev–Trinajstić information content (AvgIpc) is 2.35. The maximum atomic E-state index is 12.3. The molecule has 4 nitrogen and oxygen atoms in total. The van der Waals surface area contributed by atoms with E-state index < -0.39 is 10.0 Å². The van der Waals surface area contributed by atoms with E-state index in [1.54, 1.807) is 25.2 Å². The van der Waals surface area contributed by atoms with Crippen molar-refractivity contribution in [2.24, 2.45) is 0 Å². The molecule has 102 valence electrons. The first-order valence-electron chi connectivity index (χ1n) is 6.17. The van der Waals surface area contributed by atoms with Crippen molar-refractivity contribution in [3.8, 4) is 0 Å². The maximum absolute atomic E-state index is 12.3. The summed E-state index contributed by atoms with van der Waals surface area (Å²) in [5.74, 6) is 0. The largest absolute Gasteiger partial charge is 0.313 e. The summed E-state index contributed by atoms with van der Waals surface area (Å²) in [7, 11) is -1.77. The van der Waals surface area contributed by atoms with Crippen LogP contribution in [0.2, 0.25) is 0 Å². The number of rotatable bonds is 6. The number of hydrogen-bond acceptors (Lipinski definition) is 3. The molecule has 1 aromatic carbocycles. The Labute approximate surface area is 110 Å². The van der Waals surface area contributed by atoms with Crippen LogP contribution >= 0.6 is 0 Å². The first kappa shape index (κ1) is 15.1. The molecule has 18 heavy (non-hydrogen) atoms. The third-order valence-corrected chi connectivity index (χ3v) is 4.91. The van der Waals surface area contributed by atoms with Crippen LogP contribution in [0.4, 0.5) is 0 Å². The zero-order valence-corrected chi connectivity index (χ0v) is 12.3. The van der Waals surface area contributed by atoms with Gasteiger partial charge in [-0.2, -0.15) is 4.31 Å². The monoisotopic (exact) mass is 270 g/mol. The second kappa shape index (κ2) is 6.31. The number of sulfonamides is 1. The van der Waals surface area contributed by atoms with Gasteiger partial charge in [0.1, 0.15) is 0 Å². The normalized spacial score (nSPS) is 12.3. The molecule has 1 rings (SSSR count). The molecule has 0 aliphatic heterocycles. The summed E-state index contributed by atoms with van der Waals surface area (Å²) in [4.78, 5) is 0.356. The van der Waals surface area contributed by atoms with Crippen LogP contribution in [-0.4, -0.2) is 32.4 Å². The van der Waals surface area contributed by atoms with Gasteiger partial charge in [-0.15, -0.1) is 0 Å². The zero-order valence-electron chi connectivity index (χ0n) is 11.5. The third-order valence-electron chi connectivity index (χ3n) is 2.88. The Kier molecular flexibility index (Phi) is 5.31. The van der Waals surface area contributed by atoms with E-state index in [1.807, 2.05) is 26.8 Å². The highest BCUT2D eigenvalue weighted by Gasteiger charge is 2.22. The Morgan fingerprint density at radius 1 is 1.33 bits per heavy atom. The molecule has 0 saturated carbocycles. The number of hydrogen-bond donors (Lipinski definition) is 1. The van der Waals surface area contributed by atoms with E-state index in [0.717, 1.165) is 12.1 Å². The fourth-order valence-electron chi connectivity index (χ4n) is 1.53. The molecule has 0 amide bonds. The van der Waals surface area contributed by atoms with Crippen LogP contribution in [0.5, 0.6) is 0 Å². The van der Waals surface area contributed by atoms with E-state index in [4.69, 9.17) is 0 Å². The molecule has 0 unspecified atom stereocenters. The van der Waals surface area contributed by atoms with E-state index >= 15 is 0 Å². The highest BCUT2D eigenvalue weighted by molar-refractivity contribution is 7.89. The highest BCUT2D eigenvalue weighted by Crippen LogP contribution is 2.17. The van der Waals surface area contributed by atoms with Gasteiger partial charge >= 0.3 is 0 Å². The van der Waals surface area contributed by atoms with Gasteiger partial charge in [0.25, 0.3) is 0 Å². The second-order valence-corrected chi connectivity index (χ2v) is 6.54. The summed E-state index contributed by atoms with van der Waals surface area (Å²) >= 11 is 0. The van der Waals surface area contributed by atoms with Gasteiger partial charge in [0.15, 0.2) is 0 Å². The summed E-state index contributed by atoms with van der Waals surface area (Å²) < 4.78 is 26.0. The minimum Gasteiger partial charge on any atom is -0.313 e. The molecule has 1 N–H and O–H groups in total. The highest BCUT2D eigenvalue weighted by atomic mass is 32.2. The first-order chi connectivity index (χ1) is 8.39. The predicted molar refractivity (Wildman–Crippen MR) is 73.9 cm³/mol. The molecular weight excluding hydrogens is 248 g/mol. The Balaban J connectivity index is 3.02. The summed E-state index contributed by atoms with van der Waals surface area (Å²) in [6.07, 6.45) is 0. The quantitative estimate of drug-likeness (QED) is 0.858. The average molecular weight is 270 g/mol. The summed E-state index contributed by atoms with van der Waals surface area (Å²) in [6, 6.07) is 7.04. The van der Waals surface area contributed by atoms with Crippen LogP contribution in [0.3, 0.4) is 0 Å². The fraction of sp³-hybridized carbons (Fsp3) is 0.538. The van der Waals surface area contributed by atoms with Gasteiger partial charge in [0.2, 0.25) is 10.0 Å². The van der Waals surface area contributed by atoms with Crippen LogP contribution in [-0.2, 0) is 16.6 Å². The molecular formula is C13H22N2O2S. The van der Waals surface area contributed by atoms with Gasteiger partial charge in [-0.25, -0.2) is 8.42 Å². The maximum Gasteiger partial charge on any atom is 0.243 e. The molecule has 0 spiro atoms. The van der Waals surface area contributed by atoms with Gasteiger partial charge in [-0.05, 0) is 38.1 Å². The summed E-state index contributed by atoms with van der Waals surface area (Å²) in [5, 5.41) is 3.19. The Morgan fingerprint density at radius 3 is 2.56 bits per heavy atom. The first-order valence-corrected chi connectivity index (χ1v) is 7.61. The molecule has 0 radical (unpaired) electrons. The van der Waals surface area contributed by atoms with Gasteiger partial charge in [-0.1, -0.05) is 19.1 Å². The summed E-state index contributed by atoms with van der Waals surface area (Å²) in [6.45, 7) is 7.29. The van der Waals surface area contributed by atoms with Crippen LogP contribution in [0.15, 0.2) is 29.2 Å². The Morgan fingerprint density at radius 2 is 2.00 bits per heavy atom. The molecule has 0 aliphatic rings. The lowest BCUT2D eigenvalue weighted by molar-refractivity contribution is 0.410. The van der Waals surface area contributed by atoms with E-state index in [1.165, 1.54) is 4.31 Å². The third kappa shape index (κ3) is 3.54. The number of nitrogens with zero attached hydrogens (tertiary/aromatic N) is 1. The van der Waals surface area contributed by atoms with E-state index in [-0.39, 0.29) is 6.04 Å². The van der Waals surface area contributed by atoms with Crippen molar-refractivity contribution in [1.82, 2.24) is 9.62 Å². The van der Waals surface area contributed by atoms with E-state index in [0.29, 0.717) is 11.4 Å². The molecule has 0 fully saturated rings. The minimum atomic E-state index is -3.38. The van der Waals surface area contributed by atoms with Crippen LogP contribution in [0.1, 0.15) is 26.3 Å². The fourth-order valence-corrected chi connectivity index (χ4v) is 2.97. The van der Waals surface area contributed by atoms with Crippen molar-refractivity contribution < 1.29 is 8.42 Å². The minimum absolute atomic E-state index is 0.0487. The number of nitrogens with one attached hydrogen (secondary N) is 1. The molecule has 1 aromatic rings. The molecule has 0 heterocycles. The van der Waals surface area contributed by atoms with E-state index in [9.17, 15) is 8.42 Å². The van der Waals surface area contributed by atoms with Crippen LogP contribution in [0.25, 0.3) is 0 Å². The second-order valence-electron chi connectivity index (χ2n) is 4.54. The van der Waals surface area contributed by atoms with Crippen LogP contribution < -0.4 is 5.32 Å². The standard InChI is InChI=1S/C13H22N2O2S/c1-5-14-10-12-7-6-8-13(9-12)18(16,17)15(4)11(2)3/h6-9,11,14H,5,10H2,1-4H3.